The first-order valence-corrected chi connectivity index (χ1v) is 7.90. The second-order valence-electron chi connectivity index (χ2n) is 6.16. The third-order valence-corrected chi connectivity index (χ3v) is 4.50. The van der Waals surface area contributed by atoms with Crippen LogP contribution in [0.25, 0.3) is 0 Å². The Labute approximate surface area is 139 Å². The van der Waals surface area contributed by atoms with Crippen molar-refractivity contribution in [3.63, 3.8) is 0 Å². The van der Waals surface area contributed by atoms with Gasteiger partial charge in [0.2, 0.25) is 0 Å². The second-order valence-corrected chi connectivity index (χ2v) is 6.16. The van der Waals surface area contributed by atoms with E-state index in [1.807, 2.05) is 7.05 Å². The number of aliphatic hydroxyl groups is 1. The number of imidazole rings is 1. The van der Waals surface area contributed by atoms with Crippen molar-refractivity contribution in [3.05, 3.63) is 47.8 Å². The van der Waals surface area contributed by atoms with E-state index in [9.17, 15) is 19.4 Å². The van der Waals surface area contributed by atoms with Gasteiger partial charge in [-0.1, -0.05) is 0 Å². The van der Waals surface area contributed by atoms with Gasteiger partial charge >= 0.3 is 0 Å². The lowest BCUT2D eigenvalue weighted by atomic mass is 9.91. The largest absolute Gasteiger partial charge is 0.507 e. The van der Waals surface area contributed by atoms with Crippen molar-refractivity contribution in [2.24, 2.45) is 13.0 Å². The highest BCUT2D eigenvalue weighted by atomic mass is 19.1. The van der Waals surface area contributed by atoms with Gasteiger partial charge in [0.15, 0.2) is 0 Å². The first-order valence-electron chi connectivity index (χ1n) is 7.90. The SMILES string of the molecule is Cn1ccnc1C(O)C1CCCN(C(=O)c2cc(F)ccc2O)C1. The number of aliphatic hydroxyl groups excluding tert-OH is 1. The number of aromatic nitrogens is 2. The smallest absolute Gasteiger partial charge is 0.257 e. The van der Waals surface area contributed by atoms with E-state index < -0.39 is 17.8 Å². The van der Waals surface area contributed by atoms with Crippen LogP contribution < -0.4 is 0 Å². The Balaban J connectivity index is 1.77. The highest BCUT2D eigenvalue weighted by molar-refractivity contribution is 5.96. The topological polar surface area (TPSA) is 78.6 Å². The number of nitrogens with zero attached hydrogens (tertiary/aromatic N) is 3. The zero-order valence-corrected chi connectivity index (χ0v) is 13.4. The van der Waals surface area contributed by atoms with Gasteiger partial charge in [-0.2, -0.15) is 0 Å². The number of likely N-dealkylation sites (tertiary alicyclic amines) is 1. The summed E-state index contributed by atoms with van der Waals surface area (Å²) in [4.78, 5) is 18.3. The van der Waals surface area contributed by atoms with Crippen LogP contribution in [0.3, 0.4) is 0 Å². The molecule has 0 saturated carbocycles. The van der Waals surface area contributed by atoms with E-state index in [2.05, 4.69) is 4.98 Å². The molecule has 6 nitrogen and oxygen atoms in total. The van der Waals surface area contributed by atoms with Crippen molar-refractivity contribution >= 4 is 5.91 Å². The first kappa shape index (κ1) is 16.4. The minimum absolute atomic E-state index is 0.0536. The summed E-state index contributed by atoms with van der Waals surface area (Å²) in [6.07, 6.45) is 4.10. The second kappa shape index (κ2) is 6.60. The van der Waals surface area contributed by atoms with Crippen LogP contribution in [0.15, 0.2) is 30.6 Å². The van der Waals surface area contributed by atoms with Gasteiger partial charge in [0.1, 0.15) is 23.5 Å². The number of phenols is 1. The summed E-state index contributed by atoms with van der Waals surface area (Å²) in [5, 5.41) is 20.4. The molecule has 2 N–H and O–H groups in total. The number of hydrogen-bond acceptors (Lipinski definition) is 4. The molecular weight excluding hydrogens is 313 g/mol. The summed E-state index contributed by atoms with van der Waals surface area (Å²) in [7, 11) is 1.81. The number of amides is 1. The summed E-state index contributed by atoms with van der Waals surface area (Å²) < 4.78 is 15.1. The molecule has 24 heavy (non-hydrogen) atoms. The zero-order chi connectivity index (χ0) is 17.3. The van der Waals surface area contributed by atoms with Crippen LogP contribution in [0.2, 0.25) is 0 Å². The number of rotatable bonds is 3. The number of carbonyl (C=O) groups excluding carboxylic acids is 1. The minimum atomic E-state index is -0.776. The number of halogens is 1. The van der Waals surface area contributed by atoms with Crippen LogP contribution in [-0.2, 0) is 7.05 Å². The van der Waals surface area contributed by atoms with E-state index in [0.717, 1.165) is 25.0 Å². The predicted molar refractivity (Wildman–Crippen MR) is 84.9 cm³/mol. The van der Waals surface area contributed by atoms with E-state index in [4.69, 9.17) is 0 Å². The lowest BCUT2D eigenvalue weighted by molar-refractivity contribution is 0.0356. The summed E-state index contributed by atoms with van der Waals surface area (Å²) >= 11 is 0. The normalized spacial score (nSPS) is 19.3. The summed E-state index contributed by atoms with van der Waals surface area (Å²) in [6.45, 7) is 0.849. The Kier molecular flexibility index (Phi) is 4.53. The summed E-state index contributed by atoms with van der Waals surface area (Å²) in [6, 6.07) is 3.32. The maximum Gasteiger partial charge on any atom is 0.257 e. The van der Waals surface area contributed by atoms with Gasteiger partial charge in [-0.3, -0.25) is 4.79 Å². The number of aromatic hydroxyl groups is 1. The molecule has 2 heterocycles. The maximum absolute atomic E-state index is 13.4. The fourth-order valence-corrected chi connectivity index (χ4v) is 3.18. The molecular formula is C17H20FN3O3. The molecule has 1 aliphatic heterocycles. The number of piperidine rings is 1. The predicted octanol–water partition coefficient (Wildman–Crippen LogP) is 1.85. The van der Waals surface area contributed by atoms with Crippen LogP contribution in [0.5, 0.6) is 5.75 Å². The molecule has 7 heteroatoms. The van der Waals surface area contributed by atoms with Gasteiger partial charge < -0.3 is 19.7 Å². The first-order chi connectivity index (χ1) is 11.5. The average molecular weight is 333 g/mol. The van der Waals surface area contributed by atoms with Crippen molar-refractivity contribution in [1.29, 1.82) is 0 Å². The Morgan fingerprint density at radius 2 is 2.25 bits per heavy atom. The molecule has 3 rings (SSSR count). The minimum Gasteiger partial charge on any atom is -0.507 e. The molecule has 2 unspecified atom stereocenters. The number of carbonyl (C=O) groups is 1. The maximum atomic E-state index is 13.4. The van der Waals surface area contributed by atoms with Gasteiger partial charge in [-0.05, 0) is 31.0 Å². The molecule has 0 aliphatic carbocycles. The molecule has 1 fully saturated rings. The van der Waals surface area contributed by atoms with Crippen molar-refractivity contribution < 1.29 is 19.4 Å². The van der Waals surface area contributed by atoms with Gasteiger partial charge in [-0.15, -0.1) is 0 Å². The Bertz CT molecular complexity index is 746. The van der Waals surface area contributed by atoms with Crippen LogP contribution in [0.1, 0.15) is 35.1 Å². The average Bonchev–Trinajstić information content (AvgIpc) is 3.02. The highest BCUT2D eigenvalue weighted by Gasteiger charge is 2.32. The molecule has 1 aromatic carbocycles. The standard InChI is InChI=1S/C17H20FN3O3/c1-20-8-6-19-16(20)15(23)11-3-2-7-21(10-11)17(24)13-9-12(18)4-5-14(13)22/h4-6,8-9,11,15,22-23H,2-3,7,10H2,1H3. The number of phenolic OH excluding ortho intramolecular Hbond substituents is 1. The molecule has 0 spiro atoms. The van der Waals surface area contributed by atoms with Gasteiger partial charge in [0.25, 0.3) is 5.91 Å². The molecule has 1 amide bonds. The third kappa shape index (κ3) is 3.12. The molecule has 0 radical (unpaired) electrons. The van der Waals surface area contributed by atoms with Crippen molar-refractivity contribution in [3.8, 4) is 5.75 Å². The van der Waals surface area contributed by atoms with Crippen LogP contribution in [0.4, 0.5) is 4.39 Å². The lowest BCUT2D eigenvalue weighted by Crippen LogP contribution is -2.42. The molecule has 128 valence electrons. The zero-order valence-electron chi connectivity index (χ0n) is 13.4. The third-order valence-electron chi connectivity index (χ3n) is 4.50. The molecule has 2 aromatic rings. The molecule has 1 aliphatic rings. The van der Waals surface area contributed by atoms with E-state index in [0.29, 0.717) is 18.9 Å². The molecule has 0 bridgehead atoms. The van der Waals surface area contributed by atoms with E-state index in [1.54, 1.807) is 21.9 Å². The summed E-state index contributed by atoms with van der Waals surface area (Å²) in [5.41, 5.74) is -0.0536. The quantitative estimate of drug-likeness (QED) is 0.898. The van der Waals surface area contributed by atoms with Crippen LogP contribution >= 0.6 is 0 Å². The fraction of sp³-hybridized carbons (Fsp3) is 0.412. The van der Waals surface area contributed by atoms with Crippen molar-refractivity contribution in [2.75, 3.05) is 13.1 Å². The van der Waals surface area contributed by atoms with Gasteiger partial charge in [0.05, 0.1) is 5.56 Å². The van der Waals surface area contributed by atoms with Crippen LogP contribution in [-0.4, -0.2) is 43.7 Å². The van der Waals surface area contributed by atoms with Crippen molar-refractivity contribution in [1.82, 2.24) is 14.5 Å². The Hall–Kier alpha value is -2.41. The summed E-state index contributed by atoms with van der Waals surface area (Å²) in [5.74, 6) is -0.836. The van der Waals surface area contributed by atoms with E-state index >= 15 is 0 Å². The highest BCUT2D eigenvalue weighted by Crippen LogP contribution is 2.30. The van der Waals surface area contributed by atoms with Gasteiger partial charge in [-0.25, -0.2) is 9.37 Å². The van der Waals surface area contributed by atoms with Crippen molar-refractivity contribution in [2.45, 2.75) is 18.9 Å². The number of aryl methyl sites for hydroxylation is 1. The Morgan fingerprint density at radius 1 is 1.46 bits per heavy atom. The van der Waals surface area contributed by atoms with Crippen LogP contribution in [0, 0.1) is 11.7 Å². The van der Waals surface area contributed by atoms with E-state index in [1.165, 1.54) is 6.07 Å². The number of hydrogen-bond donors (Lipinski definition) is 2. The molecule has 1 saturated heterocycles. The molecule has 2 atom stereocenters. The lowest BCUT2D eigenvalue weighted by Gasteiger charge is -2.35. The van der Waals surface area contributed by atoms with E-state index in [-0.39, 0.29) is 17.2 Å². The molecule has 1 aromatic heterocycles. The monoisotopic (exact) mass is 333 g/mol. The van der Waals surface area contributed by atoms with Gasteiger partial charge in [0, 0.05) is 38.4 Å². The Morgan fingerprint density at radius 3 is 2.96 bits per heavy atom. The fourth-order valence-electron chi connectivity index (χ4n) is 3.18. The number of benzene rings is 1.